The SMILES string of the molecule is OC1CCCC(CN2CC3(CC3)C2)C1. The van der Waals surface area contributed by atoms with Crippen LogP contribution >= 0.6 is 0 Å². The zero-order valence-electron chi connectivity index (χ0n) is 8.91. The molecule has 2 unspecified atom stereocenters. The molecule has 2 atom stereocenters. The van der Waals surface area contributed by atoms with Crippen LogP contribution in [0.2, 0.25) is 0 Å². The third-order valence-electron chi connectivity index (χ3n) is 4.35. The van der Waals surface area contributed by atoms with Gasteiger partial charge in [-0.25, -0.2) is 0 Å². The summed E-state index contributed by atoms with van der Waals surface area (Å²) in [4.78, 5) is 2.61. The average molecular weight is 195 g/mol. The molecule has 0 bridgehead atoms. The number of likely N-dealkylation sites (tertiary alicyclic amines) is 1. The predicted octanol–water partition coefficient (Wildman–Crippen LogP) is 1.63. The van der Waals surface area contributed by atoms with Crippen molar-refractivity contribution in [3.63, 3.8) is 0 Å². The fourth-order valence-corrected chi connectivity index (χ4v) is 3.32. The van der Waals surface area contributed by atoms with E-state index in [-0.39, 0.29) is 6.10 Å². The fraction of sp³-hybridized carbons (Fsp3) is 1.00. The number of aliphatic hydroxyl groups is 1. The molecule has 3 rings (SSSR count). The molecular formula is C12H21NO. The molecule has 2 nitrogen and oxygen atoms in total. The summed E-state index contributed by atoms with van der Waals surface area (Å²) < 4.78 is 0. The van der Waals surface area contributed by atoms with Crippen LogP contribution in [0.4, 0.5) is 0 Å². The van der Waals surface area contributed by atoms with Crippen molar-refractivity contribution in [2.75, 3.05) is 19.6 Å². The van der Waals surface area contributed by atoms with E-state index in [2.05, 4.69) is 4.90 Å². The van der Waals surface area contributed by atoms with Crippen LogP contribution in [-0.2, 0) is 0 Å². The van der Waals surface area contributed by atoms with Gasteiger partial charge in [0.1, 0.15) is 0 Å². The summed E-state index contributed by atoms with van der Waals surface area (Å²) in [5, 5.41) is 9.58. The molecule has 1 N–H and O–H groups in total. The third kappa shape index (κ3) is 1.70. The second-order valence-corrected chi connectivity index (χ2v) is 5.86. The lowest BCUT2D eigenvalue weighted by Gasteiger charge is -2.43. The van der Waals surface area contributed by atoms with Crippen molar-refractivity contribution in [3.05, 3.63) is 0 Å². The molecule has 0 amide bonds. The highest BCUT2D eigenvalue weighted by atomic mass is 16.3. The van der Waals surface area contributed by atoms with Gasteiger partial charge < -0.3 is 10.0 Å². The molecule has 2 heteroatoms. The summed E-state index contributed by atoms with van der Waals surface area (Å²) in [7, 11) is 0. The van der Waals surface area contributed by atoms with Gasteiger partial charge in [0.25, 0.3) is 0 Å². The average Bonchev–Trinajstić information content (AvgIpc) is 2.83. The van der Waals surface area contributed by atoms with Crippen LogP contribution in [-0.4, -0.2) is 35.7 Å². The zero-order chi connectivity index (χ0) is 9.60. The normalized spacial score (nSPS) is 40.9. The molecule has 14 heavy (non-hydrogen) atoms. The lowest BCUT2D eigenvalue weighted by molar-refractivity contribution is 0.0333. The van der Waals surface area contributed by atoms with Crippen LogP contribution < -0.4 is 0 Å². The predicted molar refractivity (Wildman–Crippen MR) is 56.1 cm³/mol. The second kappa shape index (κ2) is 3.21. The van der Waals surface area contributed by atoms with Gasteiger partial charge in [-0.05, 0) is 43.4 Å². The topological polar surface area (TPSA) is 23.5 Å². The van der Waals surface area contributed by atoms with E-state index in [9.17, 15) is 5.11 Å². The van der Waals surface area contributed by atoms with Gasteiger partial charge in [-0.1, -0.05) is 6.42 Å². The molecule has 2 saturated carbocycles. The summed E-state index contributed by atoms with van der Waals surface area (Å²) in [6.07, 6.45) is 7.66. The molecule has 80 valence electrons. The van der Waals surface area contributed by atoms with Crippen molar-refractivity contribution < 1.29 is 5.11 Å². The van der Waals surface area contributed by atoms with E-state index in [1.54, 1.807) is 0 Å². The second-order valence-electron chi connectivity index (χ2n) is 5.86. The highest BCUT2D eigenvalue weighted by molar-refractivity contribution is 5.05. The van der Waals surface area contributed by atoms with Crippen LogP contribution in [0.25, 0.3) is 0 Å². The van der Waals surface area contributed by atoms with E-state index >= 15 is 0 Å². The van der Waals surface area contributed by atoms with Gasteiger partial charge in [-0.15, -0.1) is 0 Å². The van der Waals surface area contributed by atoms with E-state index in [4.69, 9.17) is 0 Å². The summed E-state index contributed by atoms with van der Waals surface area (Å²) in [6, 6.07) is 0. The van der Waals surface area contributed by atoms with Gasteiger partial charge in [0.15, 0.2) is 0 Å². The number of rotatable bonds is 2. The Hall–Kier alpha value is -0.0800. The van der Waals surface area contributed by atoms with Gasteiger partial charge >= 0.3 is 0 Å². The van der Waals surface area contributed by atoms with E-state index < -0.39 is 0 Å². The number of nitrogens with zero attached hydrogens (tertiary/aromatic N) is 1. The molecule has 1 heterocycles. The molecule has 1 aliphatic heterocycles. The Kier molecular flexibility index (Phi) is 2.10. The maximum Gasteiger partial charge on any atom is 0.0543 e. The lowest BCUT2D eigenvalue weighted by atomic mass is 9.85. The van der Waals surface area contributed by atoms with Gasteiger partial charge in [-0.3, -0.25) is 0 Å². The molecule has 3 aliphatic rings. The monoisotopic (exact) mass is 195 g/mol. The Morgan fingerprint density at radius 2 is 2.00 bits per heavy atom. The molecule has 0 radical (unpaired) electrons. The molecular weight excluding hydrogens is 174 g/mol. The number of hydrogen-bond acceptors (Lipinski definition) is 2. The van der Waals surface area contributed by atoms with E-state index in [1.165, 1.54) is 45.3 Å². The van der Waals surface area contributed by atoms with Crippen molar-refractivity contribution in [2.45, 2.75) is 44.6 Å². The quantitative estimate of drug-likeness (QED) is 0.724. The molecule has 1 saturated heterocycles. The Bertz CT molecular complexity index is 216. The van der Waals surface area contributed by atoms with Crippen molar-refractivity contribution in [1.29, 1.82) is 0 Å². The van der Waals surface area contributed by atoms with Crippen LogP contribution in [0.15, 0.2) is 0 Å². The van der Waals surface area contributed by atoms with Crippen molar-refractivity contribution in [2.24, 2.45) is 11.3 Å². The lowest BCUT2D eigenvalue weighted by Crippen LogP contribution is -2.50. The fourth-order valence-electron chi connectivity index (χ4n) is 3.32. The maximum atomic E-state index is 9.58. The highest BCUT2D eigenvalue weighted by Crippen LogP contribution is 2.53. The molecule has 0 aromatic rings. The number of aliphatic hydroxyl groups excluding tert-OH is 1. The summed E-state index contributed by atoms with van der Waals surface area (Å²) in [5.41, 5.74) is 0.799. The Balaban J connectivity index is 1.43. The van der Waals surface area contributed by atoms with Crippen molar-refractivity contribution in [1.82, 2.24) is 4.90 Å². The van der Waals surface area contributed by atoms with Gasteiger partial charge in [-0.2, -0.15) is 0 Å². The van der Waals surface area contributed by atoms with Gasteiger partial charge in [0.05, 0.1) is 6.10 Å². The van der Waals surface area contributed by atoms with Gasteiger partial charge in [0, 0.05) is 19.6 Å². The largest absolute Gasteiger partial charge is 0.393 e. The molecule has 0 aromatic heterocycles. The summed E-state index contributed by atoms with van der Waals surface area (Å²) in [6.45, 7) is 3.98. The molecule has 3 fully saturated rings. The zero-order valence-corrected chi connectivity index (χ0v) is 8.91. The third-order valence-corrected chi connectivity index (χ3v) is 4.35. The first kappa shape index (κ1) is 9.17. The Morgan fingerprint density at radius 1 is 1.21 bits per heavy atom. The van der Waals surface area contributed by atoms with E-state index in [0.717, 1.165) is 24.2 Å². The van der Waals surface area contributed by atoms with Crippen molar-refractivity contribution in [3.8, 4) is 0 Å². The first-order chi connectivity index (χ1) is 6.76. The van der Waals surface area contributed by atoms with Crippen LogP contribution in [0.3, 0.4) is 0 Å². The minimum absolute atomic E-state index is 0.00455. The van der Waals surface area contributed by atoms with Crippen LogP contribution in [0.1, 0.15) is 38.5 Å². The maximum absolute atomic E-state index is 9.58. The summed E-state index contributed by atoms with van der Waals surface area (Å²) >= 11 is 0. The molecule has 0 aromatic carbocycles. The number of hydrogen-bond donors (Lipinski definition) is 1. The first-order valence-corrected chi connectivity index (χ1v) is 6.16. The molecule has 1 spiro atoms. The Labute approximate surface area is 86.3 Å². The Morgan fingerprint density at radius 3 is 2.64 bits per heavy atom. The highest BCUT2D eigenvalue weighted by Gasteiger charge is 2.52. The van der Waals surface area contributed by atoms with E-state index in [0.29, 0.717) is 0 Å². The van der Waals surface area contributed by atoms with Crippen LogP contribution in [0.5, 0.6) is 0 Å². The molecule has 2 aliphatic carbocycles. The van der Waals surface area contributed by atoms with Gasteiger partial charge in [0.2, 0.25) is 0 Å². The smallest absolute Gasteiger partial charge is 0.0543 e. The van der Waals surface area contributed by atoms with Crippen LogP contribution in [0, 0.1) is 11.3 Å². The van der Waals surface area contributed by atoms with Crippen molar-refractivity contribution >= 4 is 0 Å². The minimum Gasteiger partial charge on any atom is -0.393 e. The first-order valence-electron chi connectivity index (χ1n) is 6.16. The van der Waals surface area contributed by atoms with E-state index in [1.807, 2.05) is 0 Å². The minimum atomic E-state index is 0.00455. The standard InChI is InChI=1S/C12H21NO/c14-11-3-1-2-10(6-11)7-13-8-12(9-13)4-5-12/h10-11,14H,1-9H2. The summed E-state index contributed by atoms with van der Waals surface area (Å²) in [5.74, 6) is 0.787.